The van der Waals surface area contributed by atoms with E-state index in [2.05, 4.69) is 19.2 Å². The number of rotatable bonds is 6. The summed E-state index contributed by atoms with van der Waals surface area (Å²) in [6.45, 7) is 5.08. The maximum Gasteiger partial charge on any atom is 0.336 e. The predicted molar refractivity (Wildman–Crippen MR) is 81.4 cm³/mol. The van der Waals surface area contributed by atoms with Gasteiger partial charge in [0.25, 0.3) is 0 Å². The van der Waals surface area contributed by atoms with Gasteiger partial charge in [0.05, 0.1) is 5.56 Å². The Morgan fingerprint density at radius 3 is 2.71 bits per heavy atom. The summed E-state index contributed by atoms with van der Waals surface area (Å²) in [6, 6.07) is 6.82. The lowest BCUT2D eigenvalue weighted by Gasteiger charge is -2.09. The first kappa shape index (κ1) is 15.1. The van der Waals surface area contributed by atoms with Crippen LogP contribution in [0.25, 0.3) is 10.9 Å². The molecule has 0 saturated carbocycles. The van der Waals surface area contributed by atoms with E-state index in [1.807, 2.05) is 6.07 Å². The first-order valence-corrected chi connectivity index (χ1v) is 7.07. The minimum Gasteiger partial charge on any atom is -0.478 e. The molecule has 5 nitrogen and oxygen atoms in total. The van der Waals surface area contributed by atoms with Crippen molar-refractivity contribution in [3.63, 3.8) is 0 Å². The lowest BCUT2D eigenvalue weighted by atomic mass is 10.1. The molecule has 0 aliphatic rings. The molecule has 2 aromatic rings. The third kappa shape index (κ3) is 3.62. The molecule has 112 valence electrons. The molecule has 21 heavy (non-hydrogen) atoms. The summed E-state index contributed by atoms with van der Waals surface area (Å²) in [4.78, 5) is 23.1. The van der Waals surface area contributed by atoms with Crippen molar-refractivity contribution in [3.8, 4) is 0 Å². The number of carbonyl (C=O) groups is 2. The first-order valence-electron chi connectivity index (χ1n) is 7.07. The molecule has 1 aromatic carbocycles. The van der Waals surface area contributed by atoms with E-state index in [0.717, 1.165) is 11.9 Å². The fourth-order valence-electron chi connectivity index (χ4n) is 2.26. The van der Waals surface area contributed by atoms with E-state index in [-0.39, 0.29) is 18.0 Å². The van der Waals surface area contributed by atoms with E-state index in [1.165, 1.54) is 0 Å². The highest BCUT2D eigenvalue weighted by atomic mass is 16.4. The number of nitrogens with zero attached hydrogens (tertiary/aromatic N) is 1. The van der Waals surface area contributed by atoms with Gasteiger partial charge in [-0.15, -0.1) is 0 Å². The van der Waals surface area contributed by atoms with E-state index >= 15 is 0 Å². The maximum atomic E-state index is 11.9. The lowest BCUT2D eigenvalue weighted by molar-refractivity contribution is -0.121. The van der Waals surface area contributed by atoms with E-state index in [4.69, 9.17) is 5.11 Å². The Balaban J connectivity index is 2.11. The van der Waals surface area contributed by atoms with Crippen LogP contribution in [0.3, 0.4) is 0 Å². The molecule has 1 amide bonds. The molecule has 0 unspecified atom stereocenters. The van der Waals surface area contributed by atoms with Crippen molar-refractivity contribution in [3.05, 3.63) is 36.0 Å². The molecule has 0 bridgehead atoms. The van der Waals surface area contributed by atoms with Crippen LogP contribution in [0.1, 0.15) is 30.6 Å². The van der Waals surface area contributed by atoms with E-state index < -0.39 is 5.97 Å². The highest BCUT2D eigenvalue weighted by molar-refractivity contribution is 6.03. The van der Waals surface area contributed by atoms with Crippen LogP contribution in [0.4, 0.5) is 0 Å². The molecule has 0 saturated heterocycles. The molecule has 0 spiro atoms. The van der Waals surface area contributed by atoms with Crippen LogP contribution in [0.2, 0.25) is 0 Å². The minimum absolute atomic E-state index is 0.0612. The van der Waals surface area contributed by atoms with Gasteiger partial charge in [0, 0.05) is 23.6 Å². The number of nitrogens with one attached hydrogen (secondary N) is 1. The lowest BCUT2D eigenvalue weighted by Crippen LogP contribution is -2.28. The van der Waals surface area contributed by atoms with E-state index in [0.29, 0.717) is 17.8 Å². The molecular weight excluding hydrogens is 268 g/mol. The summed E-state index contributed by atoms with van der Waals surface area (Å²) in [5.74, 6) is -0.468. The summed E-state index contributed by atoms with van der Waals surface area (Å²) < 4.78 is 1.77. The van der Waals surface area contributed by atoms with Crippen molar-refractivity contribution in [2.24, 2.45) is 5.92 Å². The highest BCUT2D eigenvalue weighted by Crippen LogP contribution is 2.20. The number of hydrogen-bond acceptors (Lipinski definition) is 2. The average molecular weight is 288 g/mol. The van der Waals surface area contributed by atoms with E-state index in [1.54, 1.807) is 29.0 Å². The second-order valence-electron chi connectivity index (χ2n) is 5.52. The Morgan fingerprint density at radius 1 is 1.29 bits per heavy atom. The Morgan fingerprint density at radius 2 is 2.05 bits per heavy atom. The van der Waals surface area contributed by atoms with Crippen molar-refractivity contribution in [1.29, 1.82) is 0 Å². The number of benzene rings is 1. The summed E-state index contributed by atoms with van der Waals surface area (Å²) in [5, 5.41) is 12.7. The summed E-state index contributed by atoms with van der Waals surface area (Å²) >= 11 is 0. The zero-order valence-electron chi connectivity index (χ0n) is 12.3. The van der Waals surface area contributed by atoms with Gasteiger partial charge < -0.3 is 15.0 Å². The number of carboxylic acids is 1. The fraction of sp³-hybridized carbons (Fsp3) is 0.375. The zero-order chi connectivity index (χ0) is 15.4. The monoisotopic (exact) mass is 288 g/mol. The summed E-state index contributed by atoms with van der Waals surface area (Å²) in [7, 11) is 0. The molecule has 5 heteroatoms. The smallest absolute Gasteiger partial charge is 0.336 e. The average Bonchev–Trinajstić information content (AvgIpc) is 2.81. The Kier molecular flexibility index (Phi) is 4.62. The third-order valence-corrected chi connectivity index (χ3v) is 3.40. The van der Waals surface area contributed by atoms with Crippen LogP contribution < -0.4 is 5.32 Å². The van der Waals surface area contributed by atoms with E-state index in [9.17, 15) is 9.59 Å². The number of amides is 1. The number of aromatic nitrogens is 1. The molecule has 2 rings (SSSR count). The molecular formula is C16H20N2O3. The quantitative estimate of drug-likeness (QED) is 0.858. The highest BCUT2D eigenvalue weighted by Gasteiger charge is 2.12. The zero-order valence-corrected chi connectivity index (χ0v) is 12.3. The SMILES string of the molecule is CC(C)CCNC(=O)Cn1ccc2c(C(=O)O)cccc21. The molecule has 0 fully saturated rings. The molecule has 1 heterocycles. The van der Waals surface area contributed by atoms with Crippen molar-refractivity contribution >= 4 is 22.8 Å². The normalized spacial score (nSPS) is 11.0. The number of aromatic carboxylic acids is 1. The van der Waals surface area contributed by atoms with Gasteiger partial charge in [0.1, 0.15) is 6.54 Å². The molecule has 0 aliphatic carbocycles. The van der Waals surface area contributed by atoms with Gasteiger partial charge in [0.15, 0.2) is 0 Å². The standard InChI is InChI=1S/C16H20N2O3/c1-11(2)6-8-17-15(19)10-18-9-7-12-13(16(20)21)4-3-5-14(12)18/h3-5,7,9,11H,6,8,10H2,1-2H3,(H,17,19)(H,20,21). The molecule has 0 aliphatic heterocycles. The van der Waals surface area contributed by atoms with Gasteiger partial charge in [-0.3, -0.25) is 4.79 Å². The van der Waals surface area contributed by atoms with Gasteiger partial charge in [0.2, 0.25) is 5.91 Å². The predicted octanol–water partition coefficient (Wildman–Crippen LogP) is 2.50. The van der Waals surface area contributed by atoms with Crippen LogP contribution in [0, 0.1) is 5.92 Å². The van der Waals surface area contributed by atoms with Crippen molar-refractivity contribution in [2.75, 3.05) is 6.54 Å². The Labute approximate surface area is 123 Å². The summed E-state index contributed by atoms with van der Waals surface area (Å²) in [6.07, 6.45) is 2.69. The van der Waals surface area contributed by atoms with Gasteiger partial charge in [-0.25, -0.2) is 4.79 Å². The second-order valence-corrected chi connectivity index (χ2v) is 5.52. The van der Waals surface area contributed by atoms with Gasteiger partial charge in [-0.2, -0.15) is 0 Å². The largest absolute Gasteiger partial charge is 0.478 e. The van der Waals surface area contributed by atoms with Gasteiger partial charge in [-0.05, 0) is 30.5 Å². The van der Waals surface area contributed by atoms with Crippen LogP contribution in [0.5, 0.6) is 0 Å². The number of hydrogen-bond donors (Lipinski definition) is 2. The number of fused-ring (bicyclic) bond motifs is 1. The minimum atomic E-state index is -0.959. The molecule has 0 radical (unpaired) electrons. The first-order chi connectivity index (χ1) is 9.99. The van der Waals surface area contributed by atoms with Crippen molar-refractivity contribution in [2.45, 2.75) is 26.8 Å². The van der Waals surface area contributed by atoms with Crippen LogP contribution in [-0.4, -0.2) is 28.1 Å². The molecule has 2 N–H and O–H groups in total. The second kappa shape index (κ2) is 6.43. The third-order valence-electron chi connectivity index (χ3n) is 3.40. The Bertz CT molecular complexity index is 659. The van der Waals surface area contributed by atoms with Crippen molar-refractivity contribution in [1.82, 2.24) is 9.88 Å². The van der Waals surface area contributed by atoms with Gasteiger partial charge >= 0.3 is 5.97 Å². The number of carbonyl (C=O) groups excluding carboxylic acids is 1. The fourth-order valence-corrected chi connectivity index (χ4v) is 2.26. The van der Waals surface area contributed by atoms with Crippen LogP contribution in [-0.2, 0) is 11.3 Å². The molecule has 0 atom stereocenters. The molecule has 1 aromatic heterocycles. The Hall–Kier alpha value is -2.30. The van der Waals surface area contributed by atoms with Crippen LogP contribution in [0.15, 0.2) is 30.5 Å². The summed E-state index contributed by atoms with van der Waals surface area (Å²) in [5.41, 5.74) is 1.01. The van der Waals surface area contributed by atoms with Crippen molar-refractivity contribution < 1.29 is 14.7 Å². The maximum absolute atomic E-state index is 11.9. The number of carboxylic acid groups (broad SMARTS) is 1. The van der Waals surface area contributed by atoms with Gasteiger partial charge in [-0.1, -0.05) is 19.9 Å². The topological polar surface area (TPSA) is 71.3 Å². The van der Waals surface area contributed by atoms with Crippen LogP contribution >= 0.6 is 0 Å².